The maximum absolute atomic E-state index is 13.6. The first-order valence-electron chi connectivity index (χ1n) is 12.4. The van der Waals surface area contributed by atoms with Crippen molar-refractivity contribution in [2.75, 3.05) is 26.9 Å². The number of carbonyl (C=O) groups is 2. The van der Waals surface area contributed by atoms with Crippen molar-refractivity contribution in [3.63, 3.8) is 0 Å². The van der Waals surface area contributed by atoms with Crippen LogP contribution in [0.4, 0.5) is 4.39 Å². The zero-order chi connectivity index (χ0) is 28.4. The van der Waals surface area contributed by atoms with Crippen molar-refractivity contribution in [2.45, 2.75) is 37.7 Å². The molecule has 2 heterocycles. The van der Waals surface area contributed by atoms with Crippen LogP contribution in [0.15, 0.2) is 48.5 Å². The van der Waals surface area contributed by atoms with Crippen LogP contribution in [0, 0.1) is 5.82 Å². The monoisotopic (exact) mass is 539 g/mol. The van der Waals surface area contributed by atoms with Gasteiger partial charge in [-0.1, -0.05) is 0 Å². The first-order chi connectivity index (χ1) is 18.5. The summed E-state index contributed by atoms with van der Waals surface area (Å²) in [7, 11) is 1.44. The highest BCUT2D eigenvalue weighted by Gasteiger charge is 2.46. The molecule has 0 amide bonds. The van der Waals surface area contributed by atoms with E-state index >= 15 is 0 Å². The molecule has 2 aromatic carbocycles. The average Bonchev–Trinajstić information content (AvgIpc) is 3.28. The van der Waals surface area contributed by atoms with Gasteiger partial charge in [0.05, 0.1) is 19.4 Å². The number of methoxy groups -OCH3 is 1. The van der Waals surface area contributed by atoms with Crippen LogP contribution in [0.2, 0.25) is 0 Å². The number of aliphatic hydroxyl groups excluding tert-OH is 1. The third kappa shape index (κ3) is 5.57. The summed E-state index contributed by atoms with van der Waals surface area (Å²) in [5.41, 5.74) is -1.38. The molecule has 0 fully saturated rings. The molecule has 1 aliphatic rings. The molecule has 0 spiro atoms. The standard InChI is InChI=1S/C29H30FNO8/c1-28(27(34)35)16-39-26-20(28)15-24(31-25(26)17-4-7-19(30)8-5-17)29(2,36)11-10-21(33)18-6-9-22(38-13-12-32)23(14-18)37-3/h4-9,14-15,32,36H,10-13,16H2,1-3H3,(H,34,35)/t28-,29?/m0/s1. The third-order valence-corrected chi connectivity index (χ3v) is 6.89. The van der Waals surface area contributed by atoms with Crippen LogP contribution in [0.25, 0.3) is 11.3 Å². The Morgan fingerprint density at radius 2 is 1.87 bits per heavy atom. The van der Waals surface area contributed by atoms with Gasteiger partial charge >= 0.3 is 5.97 Å². The molecule has 10 heteroatoms. The number of nitrogens with zero attached hydrogens (tertiary/aromatic N) is 1. The van der Waals surface area contributed by atoms with Gasteiger partial charge in [0, 0.05) is 23.1 Å². The lowest BCUT2D eigenvalue weighted by Gasteiger charge is -2.25. The molecule has 3 aromatic rings. The molecule has 3 N–H and O–H groups in total. The van der Waals surface area contributed by atoms with Gasteiger partial charge in [-0.25, -0.2) is 9.37 Å². The van der Waals surface area contributed by atoms with E-state index < -0.39 is 22.8 Å². The molecular weight excluding hydrogens is 509 g/mol. The number of hydrogen-bond acceptors (Lipinski definition) is 8. The first kappa shape index (κ1) is 28.0. The molecule has 206 valence electrons. The van der Waals surface area contributed by atoms with E-state index in [0.717, 1.165) is 0 Å². The van der Waals surface area contributed by atoms with E-state index in [9.17, 15) is 24.2 Å². The van der Waals surface area contributed by atoms with Crippen molar-refractivity contribution in [1.29, 1.82) is 0 Å². The number of pyridine rings is 1. The van der Waals surface area contributed by atoms with E-state index in [1.807, 2.05) is 0 Å². The van der Waals surface area contributed by atoms with Crippen LogP contribution >= 0.6 is 0 Å². The summed E-state index contributed by atoms with van der Waals surface area (Å²) in [6.07, 6.45) is -0.0689. The van der Waals surface area contributed by atoms with Crippen molar-refractivity contribution in [3.8, 4) is 28.5 Å². The van der Waals surface area contributed by atoms with Gasteiger partial charge in [-0.2, -0.15) is 0 Å². The van der Waals surface area contributed by atoms with Gasteiger partial charge in [0.2, 0.25) is 0 Å². The number of halogens is 1. The molecule has 1 aliphatic heterocycles. The molecule has 0 saturated carbocycles. The molecule has 0 saturated heterocycles. The first-order valence-corrected chi connectivity index (χ1v) is 12.4. The summed E-state index contributed by atoms with van der Waals surface area (Å²) < 4.78 is 30.0. The van der Waals surface area contributed by atoms with Crippen LogP contribution in [0.5, 0.6) is 17.2 Å². The molecule has 0 radical (unpaired) electrons. The molecule has 9 nitrogen and oxygen atoms in total. The Hall–Kier alpha value is -4.02. The fraction of sp³-hybridized carbons (Fsp3) is 0.345. The minimum atomic E-state index is -1.62. The summed E-state index contributed by atoms with van der Waals surface area (Å²) in [4.78, 5) is 29.8. The maximum atomic E-state index is 13.6. The number of aliphatic hydroxyl groups is 2. The highest BCUT2D eigenvalue weighted by molar-refractivity contribution is 5.96. The number of hydrogen-bond donors (Lipinski definition) is 3. The second kappa shape index (κ2) is 11.0. The predicted octanol–water partition coefficient (Wildman–Crippen LogP) is 3.87. The lowest BCUT2D eigenvalue weighted by Crippen LogP contribution is -2.34. The lowest BCUT2D eigenvalue weighted by molar-refractivity contribution is -0.143. The summed E-state index contributed by atoms with van der Waals surface area (Å²) in [5, 5.41) is 30.4. The number of ether oxygens (including phenoxy) is 3. The second-order valence-corrected chi connectivity index (χ2v) is 9.80. The van der Waals surface area contributed by atoms with E-state index in [4.69, 9.17) is 19.3 Å². The minimum Gasteiger partial charge on any atom is -0.493 e. The van der Waals surface area contributed by atoms with Gasteiger partial charge < -0.3 is 29.5 Å². The Balaban J connectivity index is 1.64. The number of carbonyl (C=O) groups excluding carboxylic acids is 1. The van der Waals surface area contributed by atoms with Gasteiger partial charge in [-0.05, 0) is 68.8 Å². The van der Waals surface area contributed by atoms with Crippen molar-refractivity contribution in [1.82, 2.24) is 4.98 Å². The number of aromatic nitrogens is 1. The normalized spacial score (nSPS) is 17.6. The topological polar surface area (TPSA) is 135 Å². The van der Waals surface area contributed by atoms with Gasteiger partial charge in [0.15, 0.2) is 17.3 Å². The molecule has 4 rings (SSSR count). The fourth-order valence-electron chi connectivity index (χ4n) is 4.39. The molecule has 1 unspecified atom stereocenters. The highest BCUT2D eigenvalue weighted by Crippen LogP contribution is 2.46. The van der Waals surface area contributed by atoms with Crippen LogP contribution in [0.1, 0.15) is 48.3 Å². The van der Waals surface area contributed by atoms with E-state index in [0.29, 0.717) is 28.2 Å². The molecule has 2 atom stereocenters. The van der Waals surface area contributed by atoms with Crippen LogP contribution in [-0.4, -0.2) is 59.0 Å². The number of benzene rings is 2. The Morgan fingerprint density at radius 3 is 2.51 bits per heavy atom. The Kier molecular flexibility index (Phi) is 7.89. The number of carboxylic acid groups (broad SMARTS) is 1. The summed E-state index contributed by atoms with van der Waals surface area (Å²) in [6.45, 7) is 2.81. The number of rotatable bonds is 11. The molecule has 39 heavy (non-hydrogen) atoms. The lowest BCUT2D eigenvalue weighted by atomic mass is 9.82. The fourth-order valence-corrected chi connectivity index (χ4v) is 4.39. The quantitative estimate of drug-likeness (QED) is 0.310. The van der Waals surface area contributed by atoms with Gasteiger partial charge in [-0.15, -0.1) is 0 Å². The number of fused-ring (bicyclic) bond motifs is 1. The Labute approximate surface area is 224 Å². The average molecular weight is 540 g/mol. The highest BCUT2D eigenvalue weighted by atomic mass is 19.1. The number of carboxylic acids is 1. The summed E-state index contributed by atoms with van der Waals surface area (Å²) in [6, 6.07) is 11.7. The smallest absolute Gasteiger partial charge is 0.317 e. The predicted molar refractivity (Wildman–Crippen MR) is 139 cm³/mol. The summed E-state index contributed by atoms with van der Waals surface area (Å²) in [5.74, 6) is -0.831. The number of Topliss-reactive ketones (excluding diaryl/α,β-unsaturated/α-hetero) is 1. The molecule has 0 bridgehead atoms. The van der Waals surface area contributed by atoms with E-state index in [-0.39, 0.29) is 55.6 Å². The molecule has 1 aromatic heterocycles. The zero-order valence-corrected chi connectivity index (χ0v) is 21.9. The van der Waals surface area contributed by atoms with Crippen LogP contribution in [0.3, 0.4) is 0 Å². The van der Waals surface area contributed by atoms with E-state index in [1.165, 1.54) is 57.4 Å². The Morgan fingerprint density at radius 1 is 1.15 bits per heavy atom. The van der Waals surface area contributed by atoms with Crippen molar-refractivity contribution >= 4 is 11.8 Å². The number of aliphatic carboxylic acids is 1. The van der Waals surface area contributed by atoms with Crippen molar-refractivity contribution < 1.29 is 43.5 Å². The molecular formula is C29H30FNO8. The SMILES string of the molecule is COc1cc(C(=O)CCC(C)(O)c2cc3c(c(-c4ccc(F)cc4)n2)OC[C@]3(C)C(=O)O)ccc1OCCO. The van der Waals surface area contributed by atoms with Gasteiger partial charge in [-0.3, -0.25) is 9.59 Å². The van der Waals surface area contributed by atoms with Gasteiger partial charge in [0.25, 0.3) is 0 Å². The van der Waals surface area contributed by atoms with Crippen LogP contribution < -0.4 is 14.2 Å². The summed E-state index contributed by atoms with van der Waals surface area (Å²) >= 11 is 0. The van der Waals surface area contributed by atoms with Crippen molar-refractivity contribution in [3.05, 3.63) is 71.2 Å². The maximum Gasteiger partial charge on any atom is 0.317 e. The number of ketones is 1. The van der Waals surface area contributed by atoms with E-state index in [1.54, 1.807) is 12.1 Å². The minimum absolute atomic E-state index is 0.0177. The van der Waals surface area contributed by atoms with Crippen molar-refractivity contribution in [2.24, 2.45) is 0 Å². The molecule has 0 aliphatic carbocycles. The van der Waals surface area contributed by atoms with Gasteiger partial charge in [0.1, 0.15) is 41.5 Å². The third-order valence-electron chi connectivity index (χ3n) is 6.89. The van der Waals surface area contributed by atoms with E-state index in [2.05, 4.69) is 4.98 Å². The second-order valence-electron chi connectivity index (χ2n) is 9.80. The largest absolute Gasteiger partial charge is 0.493 e. The zero-order valence-electron chi connectivity index (χ0n) is 21.9. The Bertz CT molecular complexity index is 1390. The van der Waals surface area contributed by atoms with Crippen LogP contribution in [-0.2, 0) is 15.8 Å².